The molecule has 0 saturated carbocycles. The molecule has 2 aromatic rings. The Bertz CT molecular complexity index is 943. The van der Waals surface area contributed by atoms with Gasteiger partial charge in [0, 0.05) is 39.0 Å². The van der Waals surface area contributed by atoms with Crippen LogP contribution in [-0.4, -0.2) is 46.7 Å². The maximum absolute atomic E-state index is 11.5. The van der Waals surface area contributed by atoms with Crippen molar-refractivity contribution < 1.29 is 13.2 Å². The largest absolute Gasteiger partial charge is 0.356 e. The van der Waals surface area contributed by atoms with E-state index >= 15 is 0 Å². The number of halogens is 1. The van der Waals surface area contributed by atoms with E-state index in [1.54, 1.807) is 19.2 Å². The van der Waals surface area contributed by atoms with Gasteiger partial charge in [-0.05, 0) is 48.2 Å². The minimum atomic E-state index is -3.16. The molecule has 0 radical (unpaired) electrons. The van der Waals surface area contributed by atoms with E-state index in [0.717, 1.165) is 36.2 Å². The van der Waals surface area contributed by atoms with Crippen LogP contribution in [0.3, 0.4) is 0 Å². The number of hydrogen-bond donors (Lipinski definition) is 3. The molecular weight excluding hydrogens is 515 g/mol. The van der Waals surface area contributed by atoms with Crippen molar-refractivity contribution in [3.63, 3.8) is 0 Å². The fourth-order valence-electron chi connectivity index (χ4n) is 2.73. The SMILES string of the molecule is CN=C(NCCc1ccc(NC(C)=O)cc1)NCCc1ccc(S(C)(=O)=O)cc1.I. The van der Waals surface area contributed by atoms with Crippen LogP contribution in [0, 0.1) is 0 Å². The molecule has 0 atom stereocenters. The molecule has 0 fully saturated rings. The topological polar surface area (TPSA) is 99.7 Å². The summed E-state index contributed by atoms with van der Waals surface area (Å²) in [5.41, 5.74) is 3.00. The molecule has 0 aromatic heterocycles. The molecule has 2 rings (SSSR count). The van der Waals surface area contributed by atoms with E-state index in [1.165, 1.54) is 13.2 Å². The molecule has 30 heavy (non-hydrogen) atoms. The van der Waals surface area contributed by atoms with E-state index in [-0.39, 0.29) is 29.9 Å². The minimum absolute atomic E-state index is 0. The molecule has 0 bridgehead atoms. The van der Waals surface area contributed by atoms with Crippen molar-refractivity contribution in [2.45, 2.75) is 24.7 Å². The van der Waals surface area contributed by atoms with E-state index in [9.17, 15) is 13.2 Å². The predicted octanol–water partition coefficient (Wildman–Crippen LogP) is 2.62. The highest BCUT2D eigenvalue weighted by Gasteiger charge is 2.06. The molecule has 1 amide bonds. The highest BCUT2D eigenvalue weighted by Crippen LogP contribution is 2.11. The highest BCUT2D eigenvalue weighted by atomic mass is 127. The summed E-state index contributed by atoms with van der Waals surface area (Å²) in [6, 6.07) is 14.7. The van der Waals surface area contributed by atoms with Crippen LogP contribution in [0.5, 0.6) is 0 Å². The second kappa shape index (κ2) is 12.5. The highest BCUT2D eigenvalue weighted by molar-refractivity contribution is 14.0. The van der Waals surface area contributed by atoms with Gasteiger partial charge in [0.25, 0.3) is 0 Å². The predicted molar refractivity (Wildman–Crippen MR) is 132 cm³/mol. The van der Waals surface area contributed by atoms with Crippen molar-refractivity contribution in [1.29, 1.82) is 0 Å². The first kappa shape index (κ1) is 25.9. The molecule has 164 valence electrons. The van der Waals surface area contributed by atoms with Crippen molar-refractivity contribution in [1.82, 2.24) is 10.6 Å². The van der Waals surface area contributed by atoms with Crippen LogP contribution in [0.4, 0.5) is 5.69 Å². The monoisotopic (exact) mass is 544 g/mol. The fourth-order valence-corrected chi connectivity index (χ4v) is 3.36. The van der Waals surface area contributed by atoms with Gasteiger partial charge < -0.3 is 16.0 Å². The molecule has 0 aliphatic heterocycles. The number of nitrogens with one attached hydrogen (secondary N) is 3. The maximum atomic E-state index is 11.5. The second-order valence-electron chi connectivity index (χ2n) is 6.72. The minimum Gasteiger partial charge on any atom is -0.356 e. The number of rotatable bonds is 8. The summed E-state index contributed by atoms with van der Waals surface area (Å²) < 4.78 is 23.0. The molecule has 0 heterocycles. The average molecular weight is 544 g/mol. The summed E-state index contributed by atoms with van der Waals surface area (Å²) in [4.78, 5) is 15.6. The molecule has 0 spiro atoms. The van der Waals surface area contributed by atoms with Crippen LogP contribution in [0.15, 0.2) is 58.4 Å². The number of guanidine groups is 1. The van der Waals surface area contributed by atoms with Crippen molar-refractivity contribution in [3.05, 3.63) is 59.7 Å². The zero-order valence-electron chi connectivity index (χ0n) is 17.4. The number of anilines is 1. The summed E-state index contributed by atoms with van der Waals surface area (Å²) >= 11 is 0. The zero-order chi connectivity index (χ0) is 21.3. The summed E-state index contributed by atoms with van der Waals surface area (Å²) in [6.45, 7) is 2.90. The lowest BCUT2D eigenvalue weighted by Gasteiger charge is -2.12. The third-order valence-corrected chi connectivity index (χ3v) is 5.39. The first-order valence-electron chi connectivity index (χ1n) is 9.38. The molecule has 7 nitrogen and oxygen atoms in total. The molecule has 0 saturated heterocycles. The second-order valence-corrected chi connectivity index (χ2v) is 8.74. The summed E-state index contributed by atoms with van der Waals surface area (Å²) in [5.74, 6) is 0.633. The number of carbonyl (C=O) groups excluding carboxylic acids is 1. The number of aliphatic imine (C=N–C) groups is 1. The number of nitrogens with zero attached hydrogens (tertiary/aromatic N) is 1. The van der Waals surface area contributed by atoms with E-state index in [1.807, 2.05) is 36.4 Å². The summed E-state index contributed by atoms with van der Waals surface area (Å²) in [7, 11) is -1.44. The van der Waals surface area contributed by atoms with Crippen molar-refractivity contribution >= 4 is 51.4 Å². The van der Waals surface area contributed by atoms with E-state index in [2.05, 4.69) is 20.9 Å². The third kappa shape index (κ3) is 9.12. The first-order valence-corrected chi connectivity index (χ1v) is 11.3. The number of carbonyl (C=O) groups is 1. The lowest BCUT2D eigenvalue weighted by molar-refractivity contribution is -0.114. The van der Waals surface area contributed by atoms with E-state index in [4.69, 9.17) is 0 Å². The molecule has 0 aliphatic carbocycles. The molecule has 9 heteroatoms. The Morgan fingerprint density at radius 1 is 0.900 bits per heavy atom. The number of benzene rings is 2. The lowest BCUT2D eigenvalue weighted by Crippen LogP contribution is -2.39. The summed E-state index contributed by atoms with van der Waals surface area (Å²) in [6.07, 6.45) is 2.79. The van der Waals surface area contributed by atoms with Crippen LogP contribution >= 0.6 is 24.0 Å². The van der Waals surface area contributed by atoms with Gasteiger partial charge in [0.15, 0.2) is 15.8 Å². The van der Waals surface area contributed by atoms with Gasteiger partial charge in [0.1, 0.15) is 0 Å². The van der Waals surface area contributed by atoms with Gasteiger partial charge in [0.2, 0.25) is 5.91 Å². The molecule has 0 unspecified atom stereocenters. The third-order valence-electron chi connectivity index (χ3n) is 4.26. The van der Waals surface area contributed by atoms with Crippen LogP contribution < -0.4 is 16.0 Å². The summed E-state index contributed by atoms with van der Waals surface area (Å²) in [5, 5.41) is 9.27. The van der Waals surface area contributed by atoms with Gasteiger partial charge in [-0.15, -0.1) is 24.0 Å². The van der Waals surface area contributed by atoms with Crippen LogP contribution in [0.25, 0.3) is 0 Å². The van der Waals surface area contributed by atoms with Crippen LogP contribution in [0.1, 0.15) is 18.1 Å². The first-order chi connectivity index (χ1) is 13.8. The fraction of sp³-hybridized carbons (Fsp3) is 0.333. The van der Waals surface area contributed by atoms with Crippen molar-refractivity contribution in [2.24, 2.45) is 4.99 Å². The quantitative estimate of drug-likeness (QED) is 0.270. The van der Waals surface area contributed by atoms with Crippen LogP contribution in [0.2, 0.25) is 0 Å². The van der Waals surface area contributed by atoms with Gasteiger partial charge >= 0.3 is 0 Å². The number of hydrogen-bond acceptors (Lipinski definition) is 4. The number of sulfone groups is 1. The van der Waals surface area contributed by atoms with Gasteiger partial charge in [-0.3, -0.25) is 9.79 Å². The molecule has 0 aliphatic rings. The Balaban J connectivity index is 0.00000450. The standard InChI is InChI=1S/C21H28N4O3S.HI/c1-16(26)25-19-8-4-17(5-9-19)12-14-23-21(22-2)24-15-13-18-6-10-20(11-7-18)29(3,27)28;/h4-11H,12-15H2,1-3H3,(H,25,26)(H2,22,23,24);1H. The van der Waals surface area contributed by atoms with Crippen molar-refractivity contribution in [3.8, 4) is 0 Å². The number of amides is 1. The van der Waals surface area contributed by atoms with Gasteiger partial charge in [-0.1, -0.05) is 24.3 Å². The average Bonchev–Trinajstić information content (AvgIpc) is 2.67. The normalized spacial score (nSPS) is 11.4. The lowest BCUT2D eigenvalue weighted by atomic mass is 10.1. The Labute approximate surface area is 195 Å². The molecule has 3 N–H and O–H groups in total. The zero-order valence-corrected chi connectivity index (χ0v) is 20.6. The Morgan fingerprint density at radius 2 is 1.37 bits per heavy atom. The Morgan fingerprint density at radius 3 is 1.77 bits per heavy atom. The molecular formula is C21H29IN4O3S. The molecule has 2 aromatic carbocycles. The Hall–Kier alpha value is -2.14. The van der Waals surface area contributed by atoms with Crippen molar-refractivity contribution in [2.75, 3.05) is 31.7 Å². The van der Waals surface area contributed by atoms with Gasteiger partial charge in [-0.25, -0.2) is 8.42 Å². The Kier molecular flexibility index (Phi) is 10.8. The van der Waals surface area contributed by atoms with Crippen LogP contribution in [-0.2, 0) is 27.5 Å². The van der Waals surface area contributed by atoms with Gasteiger partial charge in [0.05, 0.1) is 4.90 Å². The maximum Gasteiger partial charge on any atom is 0.221 e. The van der Waals surface area contributed by atoms with E-state index in [0.29, 0.717) is 17.4 Å². The van der Waals surface area contributed by atoms with E-state index < -0.39 is 9.84 Å². The van der Waals surface area contributed by atoms with Gasteiger partial charge in [-0.2, -0.15) is 0 Å². The smallest absolute Gasteiger partial charge is 0.221 e.